The van der Waals surface area contributed by atoms with Crippen molar-refractivity contribution in [1.29, 1.82) is 0 Å². The zero-order valence-corrected chi connectivity index (χ0v) is 9.15. The molecule has 0 bridgehead atoms. The van der Waals surface area contributed by atoms with Gasteiger partial charge in [-0.3, -0.25) is 0 Å². The Labute approximate surface area is 85.5 Å². The second-order valence-corrected chi connectivity index (χ2v) is 3.77. The number of allylic oxidation sites excluding steroid dienone is 1. The van der Waals surface area contributed by atoms with E-state index in [0.717, 1.165) is 29.5 Å². The number of hydrogen-bond donors (Lipinski definition) is 0. The fourth-order valence-electron chi connectivity index (χ4n) is 1.64. The lowest BCUT2D eigenvalue weighted by atomic mass is 9.97. The van der Waals surface area contributed by atoms with Gasteiger partial charge in [0.05, 0.1) is 0 Å². The van der Waals surface area contributed by atoms with E-state index in [9.17, 15) is 4.39 Å². The molecule has 0 unspecified atom stereocenters. The minimum atomic E-state index is -0.136. The van der Waals surface area contributed by atoms with Gasteiger partial charge in [-0.25, -0.2) is 4.39 Å². The van der Waals surface area contributed by atoms with Gasteiger partial charge in [-0.2, -0.15) is 0 Å². The van der Waals surface area contributed by atoms with Crippen LogP contribution in [0, 0.1) is 19.7 Å². The molecular weight excluding hydrogens is 175 g/mol. The van der Waals surface area contributed by atoms with Crippen molar-refractivity contribution < 1.29 is 4.39 Å². The molecule has 1 aromatic carbocycles. The normalized spacial score (nSPS) is 10.3. The van der Waals surface area contributed by atoms with Gasteiger partial charge in [-0.05, 0) is 48.6 Å². The lowest BCUT2D eigenvalue weighted by molar-refractivity contribution is 0.617. The van der Waals surface area contributed by atoms with Crippen LogP contribution in [0.3, 0.4) is 0 Å². The molecule has 76 valence electrons. The highest BCUT2D eigenvalue weighted by Gasteiger charge is 2.06. The predicted molar refractivity (Wildman–Crippen MR) is 59.8 cm³/mol. The van der Waals surface area contributed by atoms with Crippen LogP contribution in [0.5, 0.6) is 0 Å². The molecule has 0 aliphatic heterocycles. The number of hydrogen-bond acceptors (Lipinski definition) is 0. The molecule has 0 nitrogen and oxygen atoms in total. The van der Waals surface area contributed by atoms with Crippen LogP contribution in [-0.2, 0) is 0 Å². The molecule has 0 aliphatic carbocycles. The van der Waals surface area contributed by atoms with Crippen molar-refractivity contribution >= 4 is 5.57 Å². The molecule has 0 heterocycles. The Hall–Kier alpha value is -1.11. The zero-order chi connectivity index (χ0) is 10.7. The SMILES string of the molecule is C=C(CCC)c1cc(F)c(C)cc1C. The Balaban J connectivity index is 3.09. The average molecular weight is 192 g/mol. The van der Waals surface area contributed by atoms with Crippen molar-refractivity contribution in [3.05, 3.63) is 41.2 Å². The van der Waals surface area contributed by atoms with Crippen LogP contribution in [0.25, 0.3) is 5.57 Å². The molecule has 0 fully saturated rings. The average Bonchev–Trinajstić information content (AvgIpc) is 2.11. The van der Waals surface area contributed by atoms with Crippen LogP contribution in [0.1, 0.15) is 36.5 Å². The van der Waals surface area contributed by atoms with Crippen LogP contribution in [0.4, 0.5) is 4.39 Å². The Morgan fingerprint density at radius 1 is 1.29 bits per heavy atom. The van der Waals surface area contributed by atoms with Crippen molar-refractivity contribution in [3.8, 4) is 0 Å². The fraction of sp³-hybridized carbons (Fsp3) is 0.385. The summed E-state index contributed by atoms with van der Waals surface area (Å²) in [6.07, 6.45) is 1.98. The maximum atomic E-state index is 13.3. The molecule has 0 saturated heterocycles. The van der Waals surface area contributed by atoms with E-state index in [1.54, 1.807) is 13.0 Å². The van der Waals surface area contributed by atoms with Gasteiger partial charge in [0.25, 0.3) is 0 Å². The first-order valence-corrected chi connectivity index (χ1v) is 5.01. The monoisotopic (exact) mass is 192 g/mol. The summed E-state index contributed by atoms with van der Waals surface area (Å²) in [5.74, 6) is -0.136. The van der Waals surface area contributed by atoms with Crippen molar-refractivity contribution in [2.45, 2.75) is 33.6 Å². The van der Waals surface area contributed by atoms with Gasteiger partial charge in [-0.1, -0.05) is 26.0 Å². The fourth-order valence-corrected chi connectivity index (χ4v) is 1.64. The van der Waals surface area contributed by atoms with Gasteiger partial charge in [0.2, 0.25) is 0 Å². The quantitative estimate of drug-likeness (QED) is 0.671. The van der Waals surface area contributed by atoms with E-state index in [2.05, 4.69) is 13.5 Å². The molecule has 0 aromatic heterocycles. The topological polar surface area (TPSA) is 0 Å². The molecule has 0 aliphatic rings. The first kappa shape index (κ1) is 11.0. The van der Waals surface area contributed by atoms with Crippen molar-refractivity contribution in [1.82, 2.24) is 0 Å². The summed E-state index contributed by atoms with van der Waals surface area (Å²) in [6.45, 7) is 9.87. The van der Waals surface area contributed by atoms with Crippen LogP contribution in [0.15, 0.2) is 18.7 Å². The van der Waals surface area contributed by atoms with E-state index in [0.29, 0.717) is 5.56 Å². The first-order valence-electron chi connectivity index (χ1n) is 5.01. The lowest BCUT2D eigenvalue weighted by Gasteiger charge is -2.10. The minimum Gasteiger partial charge on any atom is -0.207 e. The third-order valence-electron chi connectivity index (χ3n) is 2.44. The summed E-state index contributed by atoms with van der Waals surface area (Å²) in [5, 5.41) is 0. The van der Waals surface area contributed by atoms with E-state index >= 15 is 0 Å². The molecule has 0 spiro atoms. The predicted octanol–water partition coefficient (Wildman–Crippen LogP) is 4.26. The third-order valence-corrected chi connectivity index (χ3v) is 2.44. The summed E-state index contributed by atoms with van der Waals surface area (Å²) in [5.41, 5.74) is 3.82. The summed E-state index contributed by atoms with van der Waals surface area (Å²) >= 11 is 0. The second kappa shape index (κ2) is 4.41. The summed E-state index contributed by atoms with van der Waals surface area (Å²) in [6, 6.07) is 3.48. The molecule has 0 atom stereocenters. The highest BCUT2D eigenvalue weighted by atomic mass is 19.1. The molecule has 1 aromatic rings. The van der Waals surface area contributed by atoms with Gasteiger partial charge < -0.3 is 0 Å². The molecule has 1 heteroatoms. The molecule has 0 N–H and O–H groups in total. The summed E-state index contributed by atoms with van der Waals surface area (Å²) in [7, 11) is 0. The molecular formula is C13H17F. The molecule has 14 heavy (non-hydrogen) atoms. The largest absolute Gasteiger partial charge is 0.207 e. The van der Waals surface area contributed by atoms with Crippen molar-refractivity contribution in [2.75, 3.05) is 0 Å². The standard InChI is InChI=1S/C13H17F/c1-5-6-9(2)12-8-13(14)11(4)7-10(12)3/h7-8H,2,5-6H2,1,3-4H3. The minimum absolute atomic E-state index is 0.136. The van der Waals surface area contributed by atoms with Gasteiger partial charge in [0.1, 0.15) is 5.82 Å². The van der Waals surface area contributed by atoms with Crippen LogP contribution in [0.2, 0.25) is 0 Å². The van der Waals surface area contributed by atoms with E-state index in [1.165, 1.54) is 0 Å². The van der Waals surface area contributed by atoms with Crippen LogP contribution in [-0.4, -0.2) is 0 Å². The summed E-state index contributed by atoms with van der Waals surface area (Å²) in [4.78, 5) is 0. The first-order chi connectivity index (χ1) is 6.56. The van der Waals surface area contributed by atoms with E-state index in [4.69, 9.17) is 0 Å². The maximum Gasteiger partial charge on any atom is 0.126 e. The molecule has 0 saturated carbocycles. The van der Waals surface area contributed by atoms with E-state index in [1.807, 2.05) is 13.0 Å². The van der Waals surface area contributed by atoms with Gasteiger partial charge in [-0.15, -0.1) is 0 Å². The maximum absolute atomic E-state index is 13.3. The van der Waals surface area contributed by atoms with Gasteiger partial charge in [0.15, 0.2) is 0 Å². The molecule has 1 rings (SSSR count). The second-order valence-electron chi connectivity index (χ2n) is 3.77. The van der Waals surface area contributed by atoms with Gasteiger partial charge >= 0.3 is 0 Å². The Bertz CT molecular complexity index is 350. The van der Waals surface area contributed by atoms with Crippen LogP contribution < -0.4 is 0 Å². The van der Waals surface area contributed by atoms with Crippen LogP contribution >= 0.6 is 0 Å². The van der Waals surface area contributed by atoms with Crippen molar-refractivity contribution in [2.24, 2.45) is 0 Å². The van der Waals surface area contributed by atoms with E-state index in [-0.39, 0.29) is 5.82 Å². The number of aryl methyl sites for hydroxylation is 2. The lowest BCUT2D eigenvalue weighted by Crippen LogP contribution is -1.92. The highest BCUT2D eigenvalue weighted by molar-refractivity contribution is 5.66. The van der Waals surface area contributed by atoms with E-state index < -0.39 is 0 Å². The molecule has 0 radical (unpaired) electrons. The number of rotatable bonds is 3. The summed E-state index contributed by atoms with van der Waals surface area (Å²) < 4.78 is 13.3. The van der Waals surface area contributed by atoms with Gasteiger partial charge in [0, 0.05) is 0 Å². The smallest absolute Gasteiger partial charge is 0.126 e. The molecule has 0 amide bonds. The Morgan fingerprint density at radius 3 is 2.50 bits per heavy atom. The Morgan fingerprint density at radius 2 is 1.93 bits per heavy atom. The zero-order valence-electron chi connectivity index (χ0n) is 9.15. The van der Waals surface area contributed by atoms with Crippen molar-refractivity contribution in [3.63, 3.8) is 0 Å². The highest BCUT2D eigenvalue weighted by Crippen LogP contribution is 2.24. The third kappa shape index (κ3) is 2.22. The Kier molecular flexibility index (Phi) is 3.45. The number of halogens is 1. The number of benzene rings is 1.